The van der Waals surface area contributed by atoms with Crippen LogP contribution in [0.15, 0.2) is 64.2 Å². The lowest BCUT2D eigenvalue weighted by molar-refractivity contribution is 0.0781. The fourth-order valence-electron chi connectivity index (χ4n) is 2.56. The molecule has 0 aliphatic carbocycles. The highest BCUT2D eigenvalue weighted by atomic mass is 32.2. The third-order valence-electron chi connectivity index (χ3n) is 3.95. The number of phenols is 1. The van der Waals surface area contributed by atoms with Gasteiger partial charge in [-0.3, -0.25) is 9.52 Å². The molecule has 0 fully saturated rings. The zero-order valence-electron chi connectivity index (χ0n) is 14.8. The first-order valence-electron chi connectivity index (χ1n) is 8.16. The number of sulfonamides is 1. The summed E-state index contributed by atoms with van der Waals surface area (Å²) in [6, 6.07) is 13.0. The van der Waals surface area contributed by atoms with E-state index >= 15 is 0 Å². The number of carbonyl (C=O) groups excluding carboxylic acids is 1. The molecule has 0 atom stereocenters. The largest absolute Gasteiger partial charge is 0.507 e. The van der Waals surface area contributed by atoms with Gasteiger partial charge in [-0.1, -0.05) is 24.3 Å². The summed E-state index contributed by atoms with van der Waals surface area (Å²) in [7, 11) is -2.27. The average Bonchev–Trinajstić information content (AvgIpc) is 3.18. The SMILES string of the molecule is CN(Cc1ccccc1F)C(=O)c1ccc(NS(=O)(=O)c2cccs2)cc1O. The fraction of sp³-hybridized carbons (Fsp3) is 0.105. The summed E-state index contributed by atoms with van der Waals surface area (Å²) in [5.41, 5.74) is 0.454. The molecule has 28 heavy (non-hydrogen) atoms. The molecule has 0 saturated heterocycles. The third-order valence-corrected chi connectivity index (χ3v) is 6.73. The van der Waals surface area contributed by atoms with Crippen molar-refractivity contribution in [1.82, 2.24) is 4.90 Å². The van der Waals surface area contributed by atoms with Gasteiger partial charge in [0.1, 0.15) is 15.8 Å². The number of benzene rings is 2. The van der Waals surface area contributed by atoms with Gasteiger partial charge in [0.15, 0.2) is 0 Å². The topological polar surface area (TPSA) is 86.7 Å². The van der Waals surface area contributed by atoms with Crippen molar-refractivity contribution in [3.05, 3.63) is 76.9 Å². The first-order valence-corrected chi connectivity index (χ1v) is 10.5. The van der Waals surface area contributed by atoms with Crippen LogP contribution in [0, 0.1) is 5.82 Å². The highest BCUT2D eigenvalue weighted by Gasteiger charge is 2.20. The Bertz CT molecular complexity index is 1100. The Hall–Kier alpha value is -2.91. The highest BCUT2D eigenvalue weighted by molar-refractivity contribution is 7.94. The minimum atomic E-state index is -3.76. The van der Waals surface area contributed by atoms with Crippen molar-refractivity contribution in [2.75, 3.05) is 11.8 Å². The van der Waals surface area contributed by atoms with E-state index in [0.29, 0.717) is 5.56 Å². The molecule has 2 N–H and O–H groups in total. The Morgan fingerprint density at radius 3 is 2.57 bits per heavy atom. The maximum absolute atomic E-state index is 13.8. The summed E-state index contributed by atoms with van der Waals surface area (Å²) in [6.07, 6.45) is 0. The Morgan fingerprint density at radius 1 is 1.18 bits per heavy atom. The molecule has 0 aliphatic rings. The highest BCUT2D eigenvalue weighted by Crippen LogP contribution is 2.26. The van der Waals surface area contributed by atoms with Gasteiger partial charge in [-0.25, -0.2) is 12.8 Å². The van der Waals surface area contributed by atoms with E-state index in [1.165, 1.54) is 36.2 Å². The second-order valence-electron chi connectivity index (χ2n) is 6.02. The predicted molar refractivity (Wildman–Crippen MR) is 105 cm³/mol. The monoisotopic (exact) mass is 420 g/mol. The van der Waals surface area contributed by atoms with Crippen LogP contribution in [0.3, 0.4) is 0 Å². The molecule has 9 heteroatoms. The van der Waals surface area contributed by atoms with E-state index in [1.807, 2.05) is 0 Å². The molecule has 0 spiro atoms. The number of aromatic hydroxyl groups is 1. The average molecular weight is 420 g/mol. The quantitative estimate of drug-likeness (QED) is 0.637. The van der Waals surface area contributed by atoms with Crippen LogP contribution in [0.1, 0.15) is 15.9 Å². The first-order chi connectivity index (χ1) is 13.3. The maximum atomic E-state index is 13.8. The molecule has 1 amide bonds. The van der Waals surface area contributed by atoms with E-state index in [2.05, 4.69) is 4.72 Å². The number of anilines is 1. The van der Waals surface area contributed by atoms with Gasteiger partial charge < -0.3 is 10.0 Å². The van der Waals surface area contributed by atoms with Crippen molar-refractivity contribution in [1.29, 1.82) is 0 Å². The van der Waals surface area contributed by atoms with E-state index in [1.54, 1.807) is 29.6 Å². The number of amides is 1. The van der Waals surface area contributed by atoms with E-state index < -0.39 is 21.7 Å². The van der Waals surface area contributed by atoms with Gasteiger partial charge in [-0.2, -0.15) is 0 Å². The molecular formula is C19H17FN2O4S2. The van der Waals surface area contributed by atoms with Crippen LogP contribution in [0.2, 0.25) is 0 Å². The summed E-state index contributed by atoms with van der Waals surface area (Å²) >= 11 is 1.06. The van der Waals surface area contributed by atoms with Crippen LogP contribution in [0.4, 0.5) is 10.1 Å². The van der Waals surface area contributed by atoms with Crippen LogP contribution in [-0.2, 0) is 16.6 Å². The van der Waals surface area contributed by atoms with Gasteiger partial charge in [0.2, 0.25) is 0 Å². The lowest BCUT2D eigenvalue weighted by Gasteiger charge is -2.18. The van der Waals surface area contributed by atoms with Crippen molar-refractivity contribution in [2.24, 2.45) is 0 Å². The number of nitrogens with zero attached hydrogens (tertiary/aromatic N) is 1. The first kappa shape index (κ1) is 19.8. The number of thiophene rings is 1. The molecule has 1 aromatic heterocycles. The van der Waals surface area contributed by atoms with Crippen molar-refractivity contribution in [3.63, 3.8) is 0 Å². The van der Waals surface area contributed by atoms with Crippen LogP contribution in [0.5, 0.6) is 5.75 Å². The van der Waals surface area contributed by atoms with Crippen molar-refractivity contribution >= 4 is 33.0 Å². The van der Waals surface area contributed by atoms with Crippen LogP contribution >= 0.6 is 11.3 Å². The lowest BCUT2D eigenvalue weighted by atomic mass is 10.1. The summed E-state index contributed by atoms with van der Waals surface area (Å²) in [6.45, 7) is 0.0255. The Balaban J connectivity index is 1.76. The summed E-state index contributed by atoms with van der Waals surface area (Å²) in [4.78, 5) is 13.8. The van der Waals surface area contributed by atoms with Crippen LogP contribution in [-0.4, -0.2) is 31.4 Å². The second-order valence-corrected chi connectivity index (χ2v) is 8.88. The van der Waals surface area contributed by atoms with E-state index in [0.717, 1.165) is 17.4 Å². The number of phenolic OH excluding ortho intramolecular Hbond substituents is 1. The Labute approximate surface area is 165 Å². The zero-order valence-corrected chi connectivity index (χ0v) is 16.4. The van der Waals surface area contributed by atoms with Gasteiger partial charge in [-0.05, 0) is 29.6 Å². The third kappa shape index (κ3) is 4.32. The molecule has 3 aromatic rings. The fourth-order valence-corrected chi connectivity index (χ4v) is 4.60. The van der Waals surface area contributed by atoms with E-state index in [9.17, 15) is 22.7 Å². The zero-order chi connectivity index (χ0) is 20.3. The Morgan fingerprint density at radius 2 is 1.93 bits per heavy atom. The smallest absolute Gasteiger partial charge is 0.271 e. The normalized spacial score (nSPS) is 11.2. The molecular weight excluding hydrogens is 403 g/mol. The minimum absolute atomic E-state index is 0.0158. The van der Waals surface area contributed by atoms with Crippen molar-refractivity contribution < 1.29 is 22.7 Å². The number of rotatable bonds is 6. The molecule has 0 aliphatic heterocycles. The number of carbonyl (C=O) groups is 1. The van der Waals surface area contributed by atoms with Gasteiger partial charge in [0.25, 0.3) is 15.9 Å². The van der Waals surface area contributed by atoms with E-state index in [4.69, 9.17) is 0 Å². The summed E-state index contributed by atoms with van der Waals surface area (Å²) in [5.74, 6) is -1.32. The standard InChI is InChI=1S/C19H17FN2O4S2/c1-22(12-13-5-2-3-6-16(13)20)19(24)15-9-8-14(11-17(15)23)21-28(25,26)18-7-4-10-27-18/h2-11,21,23H,12H2,1H3. The molecule has 0 bridgehead atoms. The summed E-state index contributed by atoms with van der Waals surface area (Å²) in [5, 5.41) is 11.8. The Kier molecular flexibility index (Phi) is 5.66. The van der Waals surface area contributed by atoms with Gasteiger partial charge in [0.05, 0.1) is 11.3 Å². The van der Waals surface area contributed by atoms with Gasteiger partial charge >= 0.3 is 0 Å². The van der Waals surface area contributed by atoms with E-state index in [-0.39, 0.29) is 27.8 Å². The van der Waals surface area contributed by atoms with Gasteiger partial charge in [0, 0.05) is 25.2 Å². The van der Waals surface area contributed by atoms with Crippen molar-refractivity contribution in [2.45, 2.75) is 10.8 Å². The predicted octanol–water partition coefficient (Wildman–Crippen LogP) is 3.67. The summed E-state index contributed by atoms with van der Waals surface area (Å²) < 4.78 is 40.7. The number of hydrogen-bond donors (Lipinski definition) is 2. The molecule has 2 aromatic carbocycles. The number of halogens is 1. The van der Waals surface area contributed by atoms with Gasteiger partial charge in [-0.15, -0.1) is 11.3 Å². The van der Waals surface area contributed by atoms with Crippen molar-refractivity contribution in [3.8, 4) is 5.75 Å². The van der Waals surface area contributed by atoms with Crippen LogP contribution in [0.25, 0.3) is 0 Å². The molecule has 6 nitrogen and oxygen atoms in total. The van der Waals surface area contributed by atoms with Crippen LogP contribution < -0.4 is 4.72 Å². The molecule has 0 unspecified atom stereocenters. The molecule has 3 rings (SSSR count). The number of hydrogen-bond acceptors (Lipinski definition) is 5. The molecule has 0 saturated carbocycles. The minimum Gasteiger partial charge on any atom is -0.507 e. The molecule has 1 heterocycles. The second kappa shape index (κ2) is 7.99. The maximum Gasteiger partial charge on any atom is 0.271 e. The lowest BCUT2D eigenvalue weighted by Crippen LogP contribution is -2.26. The molecule has 146 valence electrons. The number of nitrogens with one attached hydrogen (secondary N) is 1. The molecule has 0 radical (unpaired) electrons.